The number of hydrogen-bond donors (Lipinski definition) is 1. The number of amides is 2. The van der Waals surface area contributed by atoms with Crippen LogP contribution < -0.4 is 10.1 Å². The van der Waals surface area contributed by atoms with Crippen molar-refractivity contribution in [2.45, 2.75) is 83.8 Å². The van der Waals surface area contributed by atoms with Gasteiger partial charge in [0.2, 0.25) is 5.91 Å². The van der Waals surface area contributed by atoms with Crippen LogP contribution in [0.1, 0.15) is 70.9 Å². The van der Waals surface area contributed by atoms with Gasteiger partial charge in [0.05, 0.1) is 0 Å². The summed E-state index contributed by atoms with van der Waals surface area (Å²) >= 11 is 6.05. The number of benzene rings is 2. The zero-order chi connectivity index (χ0) is 24.7. The standard InChI is InChI=1S/C28H37ClN2O3/c1-5-24(27(33)30-22-10-6-7-11-22)31(18-20-14-16-21(29)17-15-20)26(32)19-34-25-13-9-8-12-23(25)28(2,3)4/h8-9,12-17,22,24H,5-7,10-11,18-19H2,1-4H3,(H,30,33)/t24-/m1/s1. The average Bonchev–Trinajstić information content (AvgIpc) is 3.31. The Hall–Kier alpha value is -2.53. The lowest BCUT2D eigenvalue weighted by atomic mass is 9.86. The van der Waals surface area contributed by atoms with E-state index in [-0.39, 0.29) is 29.9 Å². The van der Waals surface area contributed by atoms with Crippen LogP contribution in [0.2, 0.25) is 5.02 Å². The molecule has 0 saturated heterocycles. The van der Waals surface area contributed by atoms with Crippen molar-refractivity contribution in [3.05, 3.63) is 64.7 Å². The molecular formula is C28H37ClN2O3. The third kappa shape index (κ3) is 6.99. The molecule has 2 aromatic carbocycles. The summed E-state index contributed by atoms with van der Waals surface area (Å²) in [5.41, 5.74) is 1.84. The lowest BCUT2D eigenvalue weighted by Crippen LogP contribution is -2.52. The van der Waals surface area contributed by atoms with Crippen LogP contribution in [0.3, 0.4) is 0 Å². The van der Waals surface area contributed by atoms with Crippen molar-refractivity contribution in [1.29, 1.82) is 0 Å². The molecule has 6 heteroatoms. The van der Waals surface area contributed by atoms with E-state index >= 15 is 0 Å². The molecule has 34 heavy (non-hydrogen) atoms. The van der Waals surface area contributed by atoms with Crippen LogP contribution in [0, 0.1) is 0 Å². The highest BCUT2D eigenvalue weighted by Gasteiger charge is 2.31. The molecule has 2 aromatic rings. The van der Waals surface area contributed by atoms with E-state index in [1.165, 1.54) is 0 Å². The molecule has 1 fully saturated rings. The van der Waals surface area contributed by atoms with Gasteiger partial charge in [-0.25, -0.2) is 0 Å². The van der Waals surface area contributed by atoms with Gasteiger partial charge in [0.1, 0.15) is 11.8 Å². The first-order chi connectivity index (χ1) is 16.2. The van der Waals surface area contributed by atoms with E-state index in [9.17, 15) is 9.59 Å². The highest BCUT2D eigenvalue weighted by Crippen LogP contribution is 2.31. The zero-order valence-corrected chi connectivity index (χ0v) is 21.5. The summed E-state index contributed by atoms with van der Waals surface area (Å²) in [6.45, 7) is 8.47. The van der Waals surface area contributed by atoms with Gasteiger partial charge in [-0.2, -0.15) is 0 Å². The van der Waals surface area contributed by atoms with E-state index in [0.29, 0.717) is 23.7 Å². The Bertz CT molecular complexity index is 962. The van der Waals surface area contributed by atoms with Crippen LogP contribution in [-0.2, 0) is 21.5 Å². The Labute approximate surface area is 208 Å². The molecule has 1 atom stereocenters. The summed E-state index contributed by atoms with van der Waals surface area (Å²) in [6.07, 6.45) is 4.79. The summed E-state index contributed by atoms with van der Waals surface area (Å²) in [4.78, 5) is 28.3. The maximum absolute atomic E-state index is 13.5. The molecular weight excluding hydrogens is 448 g/mol. The molecule has 0 radical (unpaired) electrons. The van der Waals surface area contributed by atoms with Crippen LogP contribution in [0.4, 0.5) is 0 Å². The number of carbonyl (C=O) groups is 2. The minimum atomic E-state index is -0.565. The Balaban J connectivity index is 1.79. The Morgan fingerprint density at radius 1 is 1.09 bits per heavy atom. The van der Waals surface area contributed by atoms with Gasteiger partial charge in [-0.1, -0.05) is 82.5 Å². The van der Waals surface area contributed by atoms with E-state index in [2.05, 4.69) is 26.1 Å². The van der Waals surface area contributed by atoms with Crippen molar-refractivity contribution in [3.63, 3.8) is 0 Å². The summed E-state index contributed by atoms with van der Waals surface area (Å²) in [6, 6.07) is 14.8. The van der Waals surface area contributed by atoms with Gasteiger partial charge in [-0.05, 0) is 54.0 Å². The SMILES string of the molecule is CC[C@H](C(=O)NC1CCCC1)N(Cc1ccc(Cl)cc1)C(=O)COc1ccccc1C(C)(C)C. The molecule has 2 amide bonds. The van der Waals surface area contributed by atoms with Crippen LogP contribution in [0.15, 0.2) is 48.5 Å². The zero-order valence-electron chi connectivity index (χ0n) is 20.8. The van der Waals surface area contributed by atoms with Gasteiger partial charge >= 0.3 is 0 Å². The quantitative estimate of drug-likeness (QED) is 0.483. The Kier molecular flexibility index (Phi) is 9.01. The van der Waals surface area contributed by atoms with Gasteiger partial charge in [0, 0.05) is 17.6 Å². The highest BCUT2D eigenvalue weighted by atomic mass is 35.5. The predicted octanol–water partition coefficient (Wildman–Crippen LogP) is 5.88. The number of ether oxygens (including phenoxy) is 1. The van der Waals surface area contributed by atoms with E-state index in [1.54, 1.807) is 17.0 Å². The topological polar surface area (TPSA) is 58.6 Å². The average molecular weight is 485 g/mol. The van der Waals surface area contributed by atoms with E-state index in [1.807, 2.05) is 43.3 Å². The molecule has 1 N–H and O–H groups in total. The molecule has 0 unspecified atom stereocenters. The number of carbonyl (C=O) groups excluding carboxylic acids is 2. The van der Waals surface area contributed by atoms with Gasteiger partial charge in [0.15, 0.2) is 6.61 Å². The third-order valence-corrected chi connectivity index (χ3v) is 6.65. The van der Waals surface area contributed by atoms with Crippen molar-refractivity contribution in [3.8, 4) is 5.75 Å². The minimum absolute atomic E-state index is 0.0909. The van der Waals surface area contributed by atoms with Gasteiger partial charge in [-0.15, -0.1) is 0 Å². The lowest BCUT2D eigenvalue weighted by Gasteiger charge is -2.32. The van der Waals surface area contributed by atoms with E-state index in [0.717, 1.165) is 36.8 Å². The van der Waals surface area contributed by atoms with Crippen LogP contribution in [0.25, 0.3) is 0 Å². The third-order valence-electron chi connectivity index (χ3n) is 6.40. The lowest BCUT2D eigenvalue weighted by molar-refractivity contribution is -0.143. The Morgan fingerprint density at radius 3 is 2.35 bits per heavy atom. The normalized spacial score (nSPS) is 15.1. The predicted molar refractivity (Wildman–Crippen MR) is 137 cm³/mol. The molecule has 1 aliphatic carbocycles. The maximum atomic E-state index is 13.5. The van der Waals surface area contributed by atoms with Gasteiger partial charge in [0.25, 0.3) is 5.91 Å². The number of hydrogen-bond acceptors (Lipinski definition) is 3. The van der Waals surface area contributed by atoms with E-state index in [4.69, 9.17) is 16.3 Å². The smallest absolute Gasteiger partial charge is 0.261 e. The first kappa shape index (κ1) is 26.1. The van der Waals surface area contributed by atoms with Crippen LogP contribution in [0.5, 0.6) is 5.75 Å². The van der Waals surface area contributed by atoms with Crippen molar-refractivity contribution >= 4 is 23.4 Å². The molecule has 0 heterocycles. The summed E-state index contributed by atoms with van der Waals surface area (Å²) in [5, 5.41) is 3.80. The fraction of sp³-hybridized carbons (Fsp3) is 0.500. The number of para-hydroxylation sites is 1. The van der Waals surface area contributed by atoms with Gasteiger partial charge in [-0.3, -0.25) is 9.59 Å². The molecule has 0 aromatic heterocycles. The van der Waals surface area contributed by atoms with Crippen molar-refractivity contribution in [1.82, 2.24) is 10.2 Å². The summed E-state index contributed by atoms with van der Waals surface area (Å²) in [5.74, 6) is 0.386. The second-order valence-electron chi connectivity index (χ2n) is 10.1. The second kappa shape index (κ2) is 11.7. The maximum Gasteiger partial charge on any atom is 0.261 e. The van der Waals surface area contributed by atoms with Crippen LogP contribution in [-0.4, -0.2) is 35.4 Å². The number of halogens is 1. The first-order valence-electron chi connectivity index (χ1n) is 12.3. The first-order valence-corrected chi connectivity index (χ1v) is 12.6. The van der Waals surface area contributed by atoms with Crippen molar-refractivity contribution < 1.29 is 14.3 Å². The molecule has 0 bridgehead atoms. The molecule has 1 aliphatic rings. The number of nitrogens with one attached hydrogen (secondary N) is 1. The largest absolute Gasteiger partial charge is 0.483 e. The molecule has 0 spiro atoms. The fourth-order valence-electron chi connectivity index (χ4n) is 4.51. The highest BCUT2D eigenvalue weighted by molar-refractivity contribution is 6.30. The minimum Gasteiger partial charge on any atom is -0.483 e. The number of nitrogens with zero attached hydrogens (tertiary/aromatic N) is 1. The van der Waals surface area contributed by atoms with Gasteiger partial charge < -0.3 is 15.0 Å². The fourth-order valence-corrected chi connectivity index (χ4v) is 4.63. The van der Waals surface area contributed by atoms with Crippen molar-refractivity contribution in [2.24, 2.45) is 0 Å². The molecule has 0 aliphatic heterocycles. The second-order valence-corrected chi connectivity index (χ2v) is 10.5. The molecule has 1 saturated carbocycles. The molecule has 184 valence electrons. The molecule has 3 rings (SSSR count). The monoisotopic (exact) mass is 484 g/mol. The summed E-state index contributed by atoms with van der Waals surface area (Å²) in [7, 11) is 0. The van der Waals surface area contributed by atoms with Crippen LogP contribution >= 0.6 is 11.6 Å². The Morgan fingerprint density at radius 2 is 1.74 bits per heavy atom. The molecule has 5 nitrogen and oxygen atoms in total. The van der Waals surface area contributed by atoms with E-state index < -0.39 is 6.04 Å². The van der Waals surface area contributed by atoms with Crippen molar-refractivity contribution in [2.75, 3.05) is 6.61 Å². The number of rotatable bonds is 9. The summed E-state index contributed by atoms with van der Waals surface area (Å²) < 4.78 is 6.03.